The molecule has 124 valence electrons. The van der Waals surface area contributed by atoms with Gasteiger partial charge >= 0.3 is 6.03 Å². The van der Waals surface area contributed by atoms with Gasteiger partial charge in [-0.05, 0) is 44.4 Å². The normalized spacial score (nSPS) is 13.4. The number of rotatable bonds is 9. The second kappa shape index (κ2) is 10.1. The molecular formula is C18H30N2O2. The fraction of sp³-hybridized carbons (Fsp3) is 0.611. The van der Waals surface area contributed by atoms with Gasteiger partial charge in [0.05, 0.1) is 0 Å². The summed E-state index contributed by atoms with van der Waals surface area (Å²) in [6, 6.07) is 7.24. The minimum absolute atomic E-state index is 0.0526. The SMILES string of the molecule is CCCCCC[C@@H](C)NC(=O)N[C@@H](C)Cc1ccc(O)cc1. The molecule has 0 heterocycles. The van der Waals surface area contributed by atoms with Crippen LogP contribution in [0.5, 0.6) is 5.75 Å². The summed E-state index contributed by atoms with van der Waals surface area (Å²) in [5, 5.41) is 15.2. The van der Waals surface area contributed by atoms with E-state index in [2.05, 4.69) is 24.5 Å². The number of benzene rings is 1. The van der Waals surface area contributed by atoms with Crippen LogP contribution in [0.15, 0.2) is 24.3 Å². The van der Waals surface area contributed by atoms with Crippen LogP contribution in [-0.2, 0) is 6.42 Å². The standard InChI is InChI=1S/C18H30N2O2/c1-4-5-6-7-8-14(2)19-18(22)20-15(3)13-16-9-11-17(21)12-10-16/h9-12,14-15,21H,4-8,13H2,1-3H3,(H2,19,20,22)/t14-,15+/m1/s1. The maximum absolute atomic E-state index is 11.9. The molecule has 2 atom stereocenters. The molecule has 0 saturated carbocycles. The van der Waals surface area contributed by atoms with Crippen LogP contribution in [0.1, 0.15) is 58.4 Å². The molecule has 0 aromatic heterocycles. The molecule has 1 aromatic carbocycles. The summed E-state index contributed by atoms with van der Waals surface area (Å²) in [5.74, 6) is 0.263. The van der Waals surface area contributed by atoms with Crippen molar-refractivity contribution in [3.8, 4) is 5.75 Å². The van der Waals surface area contributed by atoms with Crippen molar-refractivity contribution in [1.29, 1.82) is 0 Å². The summed E-state index contributed by atoms with van der Waals surface area (Å²) < 4.78 is 0. The van der Waals surface area contributed by atoms with Gasteiger partial charge in [-0.15, -0.1) is 0 Å². The Kier molecular flexibility index (Phi) is 8.41. The van der Waals surface area contributed by atoms with Gasteiger partial charge in [-0.25, -0.2) is 4.79 Å². The largest absolute Gasteiger partial charge is 0.508 e. The smallest absolute Gasteiger partial charge is 0.315 e. The summed E-state index contributed by atoms with van der Waals surface area (Å²) in [7, 11) is 0. The van der Waals surface area contributed by atoms with Crippen molar-refractivity contribution in [2.45, 2.75) is 71.4 Å². The number of hydrogen-bond acceptors (Lipinski definition) is 2. The Morgan fingerprint density at radius 1 is 1.05 bits per heavy atom. The predicted molar refractivity (Wildman–Crippen MR) is 91.2 cm³/mol. The fourth-order valence-corrected chi connectivity index (χ4v) is 2.48. The zero-order valence-corrected chi connectivity index (χ0v) is 14.1. The number of hydrogen-bond donors (Lipinski definition) is 3. The molecule has 2 amide bonds. The van der Waals surface area contributed by atoms with E-state index in [1.807, 2.05) is 19.1 Å². The lowest BCUT2D eigenvalue weighted by Gasteiger charge is -2.18. The maximum atomic E-state index is 11.9. The van der Waals surface area contributed by atoms with E-state index in [-0.39, 0.29) is 23.9 Å². The number of carbonyl (C=O) groups is 1. The lowest BCUT2D eigenvalue weighted by atomic mass is 10.1. The summed E-state index contributed by atoms with van der Waals surface area (Å²) in [4.78, 5) is 11.9. The van der Waals surface area contributed by atoms with E-state index in [4.69, 9.17) is 0 Å². The van der Waals surface area contributed by atoms with Crippen LogP contribution in [-0.4, -0.2) is 23.2 Å². The number of phenols is 1. The summed E-state index contributed by atoms with van der Waals surface area (Å²) in [5.41, 5.74) is 1.10. The first-order valence-electron chi connectivity index (χ1n) is 8.36. The highest BCUT2D eigenvalue weighted by atomic mass is 16.3. The highest BCUT2D eigenvalue weighted by Gasteiger charge is 2.10. The van der Waals surface area contributed by atoms with Crippen molar-refractivity contribution in [3.05, 3.63) is 29.8 Å². The maximum Gasteiger partial charge on any atom is 0.315 e. The van der Waals surface area contributed by atoms with Crippen LogP contribution in [0.4, 0.5) is 4.79 Å². The minimum atomic E-state index is -0.103. The van der Waals surface area contributed by atoms with Crippen molar-refractivity contribution in [3.63, 3.8) is 0 Å². The van der Waals surface area contributed by atoms with Crippen LogP contribution in [0.2, 0.25) is 0 Å². The van der Waals surface area contributed by atoms with Gasteiger partial charge in [0, 0.05) is 12.1 Å². The van der Waals surface area contributed by atoms with Crippen LogP contribution in [0.3, 0.4) is 0 Å². The van der Waals surface area contributed by atoms with Crippen LogP contribution < -0.4 is 10.6 Å². The molecule has 0 fully saturated rings. The van der Waals surface area contributed by atoms with Crippen molar-refractivity contribution < 1.29 is 9.90 Å². The Bertz CT molecular complexity index is 431. The van der Waals surface area contributed by atoms with E-state index in [1.165, 1.54) is 25.7 Å². The van der Waals surface area contributed by atoms with Crippen LogP contribution >= 0.6 is 0 Å². The van der Waals surface area contributed by atoms with E-state index in [0.29, 0.717) is 0 Å². The fourth-order valence-electron chi connectivity index (χ4n) is 2.48. The van der Waals surface area contributed by atoms with Crippen LogP contribution in [0.25, 0.3) is 0 Å². The number of carbonyl (C=O) groups excluding carboxylic acids is 1. The first-order valence-corrected chi connectivity index (χ1v) is 8.36. The van der Waals surface area contributed by atoms with Gasteiger partial charge < -0.3 is 15.7 Å². The van der Waals surface area contributed by atoms with Gasteiger partial charge in [0.25, 0.3) is 0 Å². The average molecular weight is 306 g/mol. The second-order valence-corrected chi connectivity index (χ2v) is 6.14. The van der Waals surface area contributed by atoms with Crippen molar-refractivity contribution in [2.75, 3.05) is 0 Å². The quantitative estimate of drug-likeness (QED) is 0.604. The minimum Gasteiger partial charge on any atom is -0.508 e. The molecule has 0 spiro atoms. The topological polar surface area (TPSA) is 61.4 Å². The lowest BCUT2D eigenvalue weighted by Crippen LogP contribution is -2.45. The molecule has 0 unspecified atom stereocenters. The van der Waals surface area contributed by atoms with Gasteiger partial charge in [-0.2, -0.15) is 0 Å². The summed E-state index contributed by atoms with van der Waals surface area (Å²) in [6.45, 7) is 6.24. The van der Waals surface area contributed by atoms with Crippen LogP contribution in [0, 0.1) is 0 Å². The Morgan fingerprint density at radius 3 is 2.32 bits per heavy atom. The Morgan fingerprint density at radius 2 is 1.68 bits per heavy atom. The molecule has 1 rings (SSSR count). The molecule has 4 nitrogen and oxygen atoms in total. The van der Waals surface area contributed by atoms with Gasteiger partial charge in [-0.3, -0.25) is 0 Å². The van der Waals surface area contributed by atoms with Crippen molar-refractivity contribution in [1.82, 2.24) is 10.6 Å². The first-order chi connectivity index (χ1) is 10.5. The lowest BCUT2D eigenvalue weighted by molar-refractivity contribution is 0.233. The Balaban J connectivity index is 2.24. The molecule has 0 saturated heterocycles. The van der Waals surface area contributed by atoms with Gasteiger partial charge in [0.2, 0.25) is 0 Å². The number of urea groups is 1. The highest BCUT2D eigenvalue weighted by Crippen LogP contribution is 2.11. The monoisotopic (exact) mass is 306 g/mol. The molecule has 0 radical (unpaired) electrons. The highest BCUT2D eigenvalue weighted by molar-refractivity contribution is 5.74. The number of amides is 2. The Labute approximate surface area is 134 Å². The molecule has 1 aromatic rings. The summed E-state index contributed by atoms with van der Waals surface area (Å²) in [6.07, 6.45) is 6.68. The first kappa shape index (κ1) is 18.3. The number of unbranched alkanes of at least 4 members (excludes halogenated alkanes) is 3. The molecule has 3 N–H and O–H groups in total. The zero-order valence-electron chi connectivity index (χ0n) is 14.1. The molecule has 0 aliphatic carbocycles. The molecule has 0 aliphatic heterocycles. The third-order valence-electron chi connectivity index (χ3n) is 3.72. The third-order valence-corrected chi connectivity index (χ3v) is 3.72. The average Bonchev–Trinajstić information content (AvgIpc) is 2.46. The van der Waals surface area contributed by atoms with E-state index >= 15 is 0 Å². The number of phenolic OH excluding ortho intramolecular Hbond substituents is 1. The van der Waals surface area contributed by atoms with Crippen molar-refractivity contribution >= 4 is 6.03 Å². The molecule has 4 heteroatoms. The second-order valence-electron chi connectivity index (χ2n) is 6.14. The van der Waals surface area contributed by atoms with E-state index in [1.54, 1.807) is 12.1 Å². The summed E-state index contributed by atoms with van der Waals surface area (Å²) >= 11 is 0. The number of aromatic hydroxyl groups is 1. The molecule has 0 bridgehead atoms. The van der Waals surface area contributed by atoms with Crippen molar-refractivity contribution in [2.24, 2.45) is 0 Å². The zero-order chi connectivity index (χ0) is 16.4. The molecule has 0 aliphatic rings. The van der Waals surface area contributed by atoms with Gasteiger partial charge in [0.15, 0.2) is 0 Å². The molecule has 22 heavy (non-hydrogen) atoms. The Hall–Kier alpha value is -1.71. The van der Waals surface area contributed by atoms with E-state index < -0.39 is 0 Å². The van der Waals surface area contributed by atoms with Gasteiger partial charge in [0.1, 0.15) is 5.75 Å². The predicted octanol–water partition coefficient (Wildman–Crippen LogP) is 3.98. The van der Waals surface area contributed by atoms with Gasteiger partial charge in [-0.1, -0.05) is 44.7 Å². The molecular weight excluding hydrogens is 276 g/mol. The number of nitrogens with one attached hydrogen (secondary N) is 2. The third kappa shape index (κ3) is 7.91. The van der Waals surface area contributed by atoms with E-state index in [0.717, 1.165) is 18.4 Å². The van der Waals surface area contributed by atoms with E-state index in [9.17, 15) is 9.90 Å².